The van der Waals surface area contributed by atoms with Crippen molar-refractivity contribution in [2.45, 2.75) is 38.0 Å². The summed E-state index contributed by atoms with van der Waals surface area (Å²) in [6.45, 7) is 0. The van der Waals surface area contributed by atoms with Crippen LogP contribution in [0, 0.1) is 12.1 Å². The Kier molecular flexibility index (Phi) is 7.65. The first-order valence-corrected chi connectivity index (χ1v) is 23.3. The summed E-state index contributed by atoms with van der Waals surface area (Å²) in [6.07, 6.45) is 9.94. The van der Waals surface area contributed by atoms with E-state index in [4.69, 9.17) is 0 Å². The van der Waals surface area contributed by atoms with Crippen molar-refractivity contribution in [3.05, 3.63) is 231 Å². The van der Waals surface area contributed by atoms with E-state index in [-0.39, 0.29) is 5.92 Å². The molecule has 1 atom stereocenters. The molecular weight excluding hydrogens is 777 g/mol. The minimum absolute atomic E-state index is 0.251. The number of hydrogen-bond acceptors (Lipinski definition) is 1. The molecule has 1 heteroatoms. The van der Waals surface area contributed by atoms with Gasteiger partial charge >= 0.3 is 0 Å². The van der Waals surface area contributed by atoms with Crippen molar-refractivity contribution in [3.63, 3.8) is 0 Å². The van der Waals surface area contributed by atoms with E-state index in [0.29, 0.717) is 0 Å². The molecule has 0 spiro atoms. The van der Waals surface area contributed by atoms with Gasteiger partial charge in [-0.05, 0) is 189 Å². The summed E-state index contributed by atoms with van der Waals surface area (Å²) in [5.74, 6) is 0.251. The van der Waals surface area contributed by atoms with Crippen molar-refractivity contribution in [1.82, 2.24) is 0 Å². The third-order valence-corrected chi connectivity index (χ3v) is 15.8. The van der Waals surface area contributed by atoms with Crippen molar-refractivity contribution in [1.29, 1.82) is 0 Å². The molecule has 294 valence electrons. The van der Waals surface area contributed by atoms with E-state index in [1.165, 1.54) is 135 Å². The van der Waals surface area contributed by atoms with Gasteiger partial charge in [0.2, 0.25) is 0 Å². The van der Waals surface area contributed by atoms with Gasteiger partial charge in [-0.15, -0.1) is 11.3 Å². The topological polar surface area (TPSA) is 0 Å². The highest BCUT2D eigenvalue weighted by atomic mass is 32.1. The molecule has 1 aromatic heterocycles. The van der Waals surface area contributed by atoms with Crippen molar-refractivity contribution >= 4 is 81.7 Å². The Morgan fingerprint density at radius 2 is 1.16 bits per heavy atom. The molecule has 0 amide bonds. The molecule has 3 aliphatic carbocycles. The monoisotopic (exact) mass is 816 g/mol. The van der Waals surface area contributed by atoms with Gasteiger partial charge in [0.15, 0.2) is 0 Å². The van der Waals surface area contributed by atoms with Crippen molar-refractivity contribution < 1.29 is 0 Å². The van der Waals surface area contributed by atoms with Crippen LogP contribution >= 0.6 is 11.3 Å². The second-order valence-corrected chi connectivity index (χ2v) is 19.0. The molecule has 0 aliphatic heterocycles. The molecule has 63 heavy (non-hydrogen) atoms. The maximum atomic E-state index is 3.57. The van der Waals surface area contributed by atoms with E-state index in [0.717, 1.165) is 32.1 Å². The largest absolute Gasteiger partial charge is 0.136 e. The molecule has 0 fully saturated rings. The van der Waals surface area contributed by atoms with E-state index in [1.54, 1.807) is 0 Å². The van der Waals surface area contributed by atoms with E-state index in [1.807, 2.05) is 11.3 Å². The molecule has 11 aromatic rings. The van der Waals surface area contributed by atoms with Gasteiger partial charge in [-0.1, -0.05) is 152 Å². The fraction of sp³-hybridized carbons (Fsp3) is 0.0968. The predicted molar refractivity (Wildman–Crippen MR) is 267 cm³/mol. The Hall–Kier alpha value is -7.24. The van der Waals surface area contributed by atoms with Gasteiger partial charge in [0.25, 0.3) is 0 Å². The molecule has 0 bridgehead atoms. The number of allylic oxidation sites excluding steroid dienone is 1. The number of fused-ring (bicyclic) bond motifs is 3. The maximum Gasteiger partial charge on any atom is 0.0352 e. The zero-order valence-corrected chi connectivity index (χ0v) is 35.6. The zero-order chi connectivity index (χ0) is 41.2. The number of benzene rings is 9. The van der Waals surface area contributed by atoms with Gasteiger partial charge < -0.3 is 0 Å². The van der Waals surface area contributed by atoms with Crippen LogP contribution in [0.1, 0.15) is 57.0 Å². The number of thiophene rings is 1. The molecule has 1 unspecified atom stereocenters. The first-order valence-electron chi connectivity index (χ1n) is 22.5. The average Bonchev–Trinajstić information content (AvgIpc) is 3.72. The lowest BCUT2D eigenvalue weighted by atomic mass is 9.82. The first kappa shape index (κ1) is 35.4. The van der Waals surface area contributed by atoms with Crippen molar-refractivity contribution in [2.24, 2.45) is 0 Å². The third-order valence-electron chi connectivity index (χ3n) is 14.7. The van der Waals surface area contributed by atoms with Gasteiger partial charge in [-0.3, -0.25) is 0 Å². The Balaban J connectivity index is 0.825. The molecule has 0 nitrogen and oxygen atoms in total. The first-order chi connectivity index (χ1) is 31.2. The van der Waals surface area contributed by atoms with E-state index < -0.39 is 0 Å². The highest BCUT2D eigenvalue weighted by Crippen LogP contribution is 2.43. The minimum atomic E-state index is 0.251. The summed E-state index contributed by atoms with van der Waals surface area (Å²) in [5, 5.41) is 15.1. The number of hydrogen-bond donors (Lipinski definition) is 0. The summed E-state index contributed by atoms with van der Waals surface area (Å²) in [5.41, 5.74) is 16.3. The SMILES string of the molecule is c1cc(C2=c3ccc4cccc5ccc(c3c54)CC2)cc(C2C=Cc3sc4ccc(-c5cccc(C6=c7ccc8ccc(-c9ccccc9)c9ccc(c7c89)CC6)c5)cc4c3C2)c#1. The van der Waals surface area contributed by atoms with Crippen LogP contribution in [-0.4, -0.2) is 0 Å². The third kappa shape index (κ3) is 5.42. The highest BCUT2D eigenvalue weighted by Gasteiger charge is 2.24. The molecule has 0 saturated heterocycles. The lowest BCUT2D eigenvalue weighted by molar-refractivity contribution is 0.836. The van der Waals surface area contributed by atoms with Crippen LogP contribution in [0.5, 0.6) is 0 Å². The fourth-order valence-electron chi connectivity index (χ4n) is 11.7. The van der Waals surface area contributed by atoms with Gasteiger partial charge in [-0.2, -0.15) is 0 Å². The van der Waals surface area contributed by atoms with E-state index in [9.17, 15) is 0 Å². The van der Waals surface area contributed by atoms with Gasteiger partial charge in [0, 0.05) is 21.1 Å². The van der Waals surface area contributed by atoms with Crippen molar-refractivity contribution in [3.8, 4) is 22.3 Å². The van der Waals surface area contributed by atoms with Crippen LogP contribution in [0.15, 0.2) is 170 Å². The van der Waals surface area contributed by atoms with Crippen LogP contribution in [0.4, 0.5) is 0 Å². The van der Waals surface area contributed by atoms with Crippen LogP contribution < -0.4 is 10.4 Å². The average molecular weight is 817 g/mol. The normalized spacial score (nSPS) is 15.5. The summed E-state index contributed by atoms with van der Waals surface area (Å²) in [7, 11) is 0. The zero-order valence-electron chi connectivity index (χ0n) is 34.8. The molecule has 0 saturated carbocycles. The Labute approximate surface area is 370 Å². The standard InChI is InChI=1S/C62H40S/c1-2-7-37(8-3-1)49-25-17-41-22-30-54-51(27-19-42-21-29-52(49)61(41)62(42)54)48-14-6-12-44(34-48)46-24-32-58-56(36-46)55-35-45(23-31-57(55)63-58)43-11-5-13-47(33-43)50-26-18-40-16-15-38-9-4-10-39-20-28-53(50)60(40)59(38)39/h1-4,6-10,12-17,20-25,28-34,36,45H,18-19,26-27,35H2. The lowest BCUT2D eigenvalue weighted by Gasteiger charge is -2.21. The predicted octanol–water partition coefficient (Wildman–Crippen LogP) is 14.5. The van der Waals surface area contributed by atoms with Crippen molar-refractivity contribution in [2.75, 3.05) is 0 Å². The lowest BCUT2D eigenvalue weighted by Crippen LogP contribution is -2.16. The minimum Gasteiger partial charge on any atom is -0.136 e. The van der Waals surface area contributed by atoms with Gasteiger partial charge in [0.05, 0.1) is 0 Å². The molecule has 3 aliphatic rings. The summed E-state index contributed by atoms with van der Waals surface area (Å²) >= 11 is 1.92. The highest BCUT2D eigenvalue weighted by molar-refractivity contribution is 7.20. The second kappa shape index (κ2) is 13.6. The molecule has 14 rings (SSSR count). The molecule has 0 N–H and O–H groups in total. The van der Waals surface area contributed by atoms with Crippen LogP contribution in [0.25, 0.3) is 92.7 Å². The number of rotatable bonds is 5. The number of aryl methyl sites for hydroxylation is 2. The van der Waals surface area contributed by atoms with E-state index in [2.05, 4.69) is 188 Å². The van der Waals surface area contributed by atoms with Gasteiger partial charge in [-0.25, -0.2) is 0 Å². The fourth-order valence-corrected chi connectivity index (χ4v) is 12.8. The molecule has 0 radical (unpaired) electrons. The Morgan fingerprint density at radius 1 is 0.476 bits per heavy atom. The summed E-state index contributed by atoms with van der Waals surface area (Å²) < 4.78 is 1.36. The van der Waals surface area contributed by atoms with Crippen LogP contribution in [0.3, 0.4) is 0 Å². The molecule has 1 heterocycles. The Bertz CT molecular complexity index is 3860. The summed E-state index contributed by atoms with van der Waals surface area (Å²) in [6, 6.07) is 69.1. The Morgan fingerprint density at radius 3 is 2.00 bits per heavy atom. The second-order valence-electron chi connectivity index (χ2n) is 18.0. The van der Waals surface area contributed by atoms with Crippen LogP contribution in [-0.2, 0) is 19.3 Å². The smallest absolute Gasteiger partial charge is 0.0352 e. The van der Waals surface area contributed by atoms with E-state index >= 15 is 0 Å². The molecule has 10 aromatic carbocycles. The van der Waals surface area contributed by atoms with Crippen LogP contribution in [0.2, 0.25) is 0 Å². The quantitative estimate of drug-likeness (QED) is 0.162. The maximum absolute atomic E-state index is 3.57. The molecular formula is C62H40S. The van der Waals surface area contributed by atoms with Gasteiger partial charge in [0.1, 0.15) is 0 Å². The summed E-state index contributed by atoms with van der Waals surface area (Å²) in [4.78, 5) is 1.38.